The summed E-state index contributed by atoms with van der Waals surface area (Å²) in [6.07, 6.45) is -0.104. The van der Waals surface area contributed by atoms with Gasteiger partial charge in [-0.3, -0.25) is 9.59 Å². The number of para-hydroxylation sites is 1. The second kappa shape index (κ2) is 12.6. The van der Waals surface area contributed by atoms with Crippen molar-refractivity contribution < 1.29 is 23.8 Å². The van der Waals surface area contributed by atoms with Crippen LogP contribution in [-0.2, 0) is 4.74 Å². The van der Waals surface area contributed by atoms with Crippen LogP contribution < -0.4 is 20.1 Å². The van der Waals surface area contributed by atoms with Gasteiger partial charge in [0.1, 0.15) is 23.9 Å². The van der Waals surface area contributed by atoms with Gasteiger partial charge < -0.3 is 29.7 Å². The van der Waals surface area contributed by atoms with Crippen LogP contribution in [0.5, 0.6) is 17.2 Å². The first-order chi connectivity index (χ1) is 18.3. The van der Waals surface area contributed by atoms with Crippen LogP contribution in [0.1, 0.15) is 34.6 Å². The number of fused-ring (bicyclic) bond motifs is 1. The molecular formula is C30H35N3O5. The highest BCUT2D eigenvalue weighted by molar-refractivity contribution is 6.05. The molecule has 2 amide bonds. The average molecular weight is 518 g/mol. The summed E-state index contributed by atoms with van der Waals surface area (Å²) < 4.78 is 17.6. The van der Waals surface area contributed by atoms with Gasteiger partial charge in [-0.05, 0) is 55.3 Å². The summed E-state index contributed by atoms with van der Waals surface area (Å²) in [7, 11) is 3.43. The van der Waals surface area contributed by atoms with Crippen molar-refractivity contribution in [2.24, 2.45) is 5.92 Å². The van der Waals surface area contributed by atoms with Gasteiger partial charge in [-0.2, -0.15) is 0 Å². The molecule has 0 unspecified atom stereocenters. The van der Waals surface area contributed by atoms with Crippen molar-refractivity contribution in [3.05, 3.63) is 83.9 Å². The zero-order valence-corrected chi connectivity index (χ0v) is 22.3. The highest BCUT2D eigenvalue weighted by Gasteiger charge is 2.25. The minimum atomic E-state index is -0.299. The molecule has 0 aliphatic carbocycles. The number of carbonyl (C=O) groups excluding carboxylic acids is 2. The first kappa shape index (κ1) is 27.2. The number of hydrogen-bond donors (Lipinski definition) is 2. The van der Waals surface area contributed by atoms with Gasteiger partial charge in [0.15, 0.2) is 0 Å². The Balaban J connectivity index is 1.53. The number of methoxy groups -OCH3 is 1. The van der Waals surface area contributed by atoms with Gasteiger partial charge in [0.25, 0.3) is 11.8 Å². The van der Waals surface area contributed by atoms with Crippen LogP contribution in [0.3, 0.4) is 0 Å². The Morgan fingerprint density at radius 1 is 1.03 bits per heavy atom. The number of likely N-dealkylation sites (N-methyl/N-ethyl adjacent to an activating group) is 1. The van der Waals surface area contributed by atoms with Crippen LogP contribution in [0.15, 0.2) is 72.8 Å². The fourth-order valence-electron chi connectivity index (χ4n) is 4.26. The Morgan fingerprint density at radius 3 is 2.55 bits per heavy atom. The molecule has 2 N–H and O–H groups in total. The summed E-state index contributed by atoms with van der Waals surface area (Å²) in [6.45, 7) is 5.69. The third-order valence-corrected chi connectivity index (χ3v) is 6.56. The fourth-order valence-corrected chi connectivity index (χ4v) is 4.26. The number of nitrogens with one attached hydrogen (secondary N) is 2. The lowest BCUT2D eigenvalue weighted by Gasteiger charge is -2.30. The van der Waals surface area contributed by atoms with E-state index in [1.807, 2.05) is 37.3 Å². The van der Waals surface area contributed by atoms with E-state index in [4.69, 9.17) is 14.2 Å². The summed E-state index contributed by atoms with van der Waals surface area (Å²) >= 11 is 0. The van der Waals surface area contributed by atoms with Crippen molar-refractivity contribution in [3.8, 4) is 17.2 Å². The van der Waals surface area contributed by atoms with E-state index in [0.29, 0.717) is 47.2 Å². The molecule has 3 aromatic rings. The maximum absolute atomic E-state index is 13.3. The van der Waals surface area contributed by atoms with E-state index in [9.17, 15) is 9.59 Å². The average Bonchev–Trinajstić information content (AvgIpc) is 2.93. The molecule has 0 saturated carbocycles. The summed E-state index contributed by atoms with van der Waals surface area (Å²) in [5, 5.41) is 6.38. The lowest BCUT2D eigenvalue weighted by Crippen LogP contribution is -2.44. The molecule has 3 atom stereocenters. The molecular weight excluding hydrogens is 482 g/mol. The molecule has 0 saturated heterocycles. The van der Waals surface area contributed by atoms with Gasteiger partial charge in [-0.25, -0.2) is 0 Å². The molecule has 4 rings (SSSR count). The molecule has 0 fully saturated rings. The SMILES string of the molecule is CO[C@@H]1CN(C)C(=O)c2ccc(NC(=O)c3cccc(Oc4ccccc4)c3)cc2OC[C@@H](C)NC[C@H]1C. The van der Waals surface area contributed by atoms with Crippen LogP contribution >= 0.6 is 0 Å². The number of carbonyl (C=O) groups is 2. The molecule has 1 aliphatic heterocycles. The lowest BCUT2D eigenvalue weighted by atomic mass is 10.0. The smallest absolute Gasteiger partial charge is 0.257 e. The van der Waals surface area contributed by atoms with Crippen LogP contribution in [0.4, 0.5) is 5.69 Å². The third kappa shape index (κ3) is 6.90. The van der Waals surface area contributed by atoms with E-state index in [1.54, 1.807) is 61.5 Å². The summed E-state index contributed by atoms with van der Waals surface area (Å²) in [6, 6.07) is 21.5. The monoisotopic (exact) mass is 517 g/mol. The Hall–Kier alpha value is -3.88. The number of nitrogens with zero attached hydrogens (tertiary/aromatic N) is 1. The molecule has 0 spiro atoms. The van der Waals surface area contributed by atoms with Gasteiger partial charge in [0.05, 0.1) is 11.7 Å². The van der Waals surface area contributed by atoms with Crippen LogP contribution in [0.25, 0.3) is 0 Å². The Labute approximate surface area is 223 Å². The maximum Gasteiger partial charge on any atom is 0.257 e. The van der Waals surface area contributed by atoms with Gasteiger partial charge in [0, 0.05) is 50.6 Å². The summed E-state index contributed by atoms with van der Waals surface area (Å²) in [5.41, 5.74) is 1.40. The Bertz CT molecular complexity index is 1250. The zero-order chi connectivity index (χ0) is 27.1. The molecule has 0 radical (unpaired) electrons. The van der Waals surface area contributed by atoms with E-state index < -0.39 is 0 Å². The molecule has 0 bridgehead atoms. The molecule has 3 aromatic carbocycles. The number of anilines is 1. The maximum atomic E-state index is 13.3. The Kier molecular flexibility index (Phi) is 8.99. The minimum absolute atomic E-state index is 0.0562. The van der Waals surface area contributed by atoms with Crippen molar-refractivity contribution in [2.45, 2.75) is 26.0 Å². The minimum Gasteiger partial charge on any atom is -0.491 e. The predicted molar refractivity (Wildman–Crippen MR) is 147 cm³/mol. The van der Waals surface area contributed by atoms with Gasteiger partial charge in [0.2, 0.25) is 0 Å². The van der Waals surface area contributed by atoms with E-state index in [0.717, 1.165) is 6.54 Å². The zero-order valence-electron chi connectivity index (χ0n) is 22.3. The first-order valence-electron chi connectivity index (χ1n) is 12.8. The van der Waals surface area contributed by atoms with Gasteiger partial charge in [-0.1, -0.05) is 31.2 Å². The number of amides is 2. The lowest BCUT2D eigenvalue weighted by molar-refractivity contribution is 0.0281. The molecule has 8 nitrogen and oxygen atoms in total. The largest absolute Gasteiger partial charge is 0.491 e. The second-order valence-electron chi connectivity index (χ2n) is 9.67. The Morgan fingerprint density at radius 2 is 1.79 bits per heavy atom. The fraction of sp³-hybridized carbons (Fsp3) is 0.333. The molecule has 38 heavy (non-hydrogen) atoms. The highest BCUT2D eigenvalue weighted by Crippen LogP contribution is 2.27. The second-order valence-corrected chi connectivity index (χ2v) is 9.67. The van der Waals surface area contributed by atoms with Crippen LogP contribution in [-0.4, -0.2) is 62.7 Å². The van der Waals surface area contributed by atoms with Gasteiger partial charge >= 0.3 is 0 Å². The van der Waals surface area contributed by atoms with Crippen molar-refractivity contribution in [1.82, 2.24) is 10.2 Å². The number of hydrogen-bond acceptors (Lipinski definition) is 6. The third-order valence-electron chi connectivity index (χ3n) is 6.56. The van der Waals surface area contributed by atoms with E-state index in [-0.39, 0.29) is 29.9 Å². The molecule has 1 aliphatic rings. The molecule has 1 heterocycles. The van der Waals surface area contributed by atoms with Crippen molar-refractivity contribution in [2.75, 3.05) is 39.2 Å². The van der Waals surface area contributed by atoms with Crippen molar-refractivity contribution in [3.63, 3.8) is 0 Å². The molecule has 8 heteroatoms. The van der Waals surface area contributed by atoms with E-state index in [2.05, 4.69) is 17.6 Å². The van der Waals surface area contributed by atoms with E-state index in [1.165, 1.54) is 0 Å². The quantitative estimate of drug-likeness (QED) is 0.504. The van der Waals surface area contributed by atoms with Crippen LogP contribution in [0.2, 0.25) is 0 Å². The molecule has 0 aromatic heterocycles. The standard InChI is InChI=1S/C30H35N3O5/c1-20-17-31-21(2)19-37-27-16-23(13-14-26(27)30(35)33(3)18-28(20)36-4)32-29(34)22-9-8-12-25(15-22)38-24-10-6-5-7-11-24/h5-16,20-21,28,31H,17-19H2,1-4H3,(H,32,34)/t20-,21-,28-/m1/s1. The summed E-state index contributed by atoms with van der Waals surface area (Å²) in [4.78, 5) is 28.0. The topological polar surface area (TPSA) is 89.1 Å². The highest BCUT2D eigenvalue weighted by atomic mass is 16.5. The normalized spacial score (nSPS) is 20.4. The number of benzene rings is 3. The number of rotatable bonds is 5. The summed E-state index contributed by atoms with van der Waals surface area (Å²) in [5.74, 6) is 1.41. The number of ether oxygens (including phenoxy) is 3. The van der Waals surface area contributed by atoms with Gasteiger partial charge in [-0.15, -0.1) is 0 Å². The molecule has 200 valence electrons. The van der Waals surface area contributed by atoms with Crippen molar-refractivity contribution in [1.29, 1.82) is 0 Å². The van der Waals surface area contributed by atoms with Crippen molar-refractivity contribution >= 4 is 17.5 Å². The predicted octanol–water partition coefficient (Wildman–Crippen LogP) is 4.82. The van der Waals surface area contributed by atoms with Crippen LogP contribution in [0, 0.1) is 5.92 Å². The van der Waals surface area contributed by atoms with E-state index >= 15 is 0 Å². The first-order valence-corrected chi connectivity index (χ1v) is 12.8.